The molecule has 0 radical (unpaired) electrons. The average molecular weight is 495 g/mol. The van der Waals surface area contributed by atoms with E-state index in [0.29, 0.717) is 12.0 Å². The Morgan fingerprint density at radius 1 is 1.38 bits per heavy atom. The van der Waals surface area contributed by atoms with Gasteiger partial charge in [-0.25, -0.2) is 0 Å². The van der Waals surface area contributed by atoms with Gasteiger partial charge in [0, 0.05) is 51.9 Å². The molecule has 0 aromatic carbocycles. The molecule has 0 bridgehead atoms. The first-order chi connectivity index (χ1) is 12.2. The third-order valence-electron chi connectivity index (χ3n) is 4.54. The summed E-state index contributed by atoms with van der Waals surface area (Å²) in [6, 6.07) is 4.34. The molecule has 7 heteroatoms. The number of hydrogen-bond donors (Lipinski definition) is 1. The predicted octanol–water partition coefficient (Wildman–Crippen LogP) is 3.64. The van der Waals surface area contributed by atoms with Crippen LogP contribution in [0.5, 0.6) is 0 Å². The van der Waals surface area contributed by atoms with Crippen LogP contribution >= 0.6 is 35.3 Å². The van der Waals surface area contributed by atoms with Crippen LogP contribution < -0.4 is 5.32 Å². The lowest BCUT2D eigenvalue weighted by atomic mass is 10.1. The molecule has 1 aromatic rings. The van der Waals surface area contributed by atoms with Gasteiger partial charge in [0.15, 0.2) is 5.96 Å². The maximum Gasteiger partial charge on any atom is 0.193 e. The van der Waals surface area contributed by atoms with Crippen LogP contribution in [0.25, 0.3) is 0 Å². The molecular weight excluding hydrogens is 461 g/mol. The van der Waals surface area contributed by atoms with Crippen molar-refractivity contribution < 1.29 is 9.47 Å². The van der Waals surface area contributed by atoms with E-state index in [9.17, 15) is 0 Å². The summed E-state index contributed by atoms with van der Waals surface area (Å²) in [5.74, 6) is 1.62. The number of piperidine rings is 1. The number of rotatable bonds is 9. The molecule has 1 aliphatic rings. The second kappa shape index (κ2) is 13.7. The number of methoxy groups -OCH3 is 1. The van der Waals surface area contributed by atoms with E-state index in [-0.39, 0.29) is 24.0 Å². The second-order valence-electron chi connectivity index (χ2n) is 6.72. The minimum Gasteiger partial charge on any atom is -0.385 e. The van der Waals surface area contributed by atoms with Crippen molar-refractivity contribution in [2.24, 2.45) is 10.9 Å². The number of hydrogen-bond acceptors (Lipinski definition) is 4. The number of nitrogens with one attached hydrogen (secondary N) is 1. The molecule has 5 nitrogen and oxygen atoms in total. The fourth-order valence-electron chi connectivity index (χ4n) is 3.13. The quantitative estimate of drug-likeness (QED) is 0.246. The Kier molecular flexibility index (Phi) is 12.5. The minimum absolute atomic E-state index is 0. The highest BCUT2D eigenvalue weighted by atomic mass is 127. The topological polar surface area (TPSA) is 46.1 Å². The molecule has 150 valence electrons. The number of likely N-dealkylation sites (tertiary alicyclic amines) is 1. The number of thiophene rings is 1. The standard InChI is InChI=1S/C19H33N3O2S.HI/c1-16(14-18-6-4-13-25-18)15-21-19(20-2)22-9-7-17(8-10-22)24-12-5-11-23-3;/h4,6,13,16-17H,5,7-12,14-15H2,1-3H3,(H,20,21);1H. The van der Waals surface area contributed by atoms with E-state index >= 15 is 0 Å². The zero-order valence-corrected chi connectivity index (χ0v) is 19.4. The van der Waals surface area contributed by atoms with Crippen molar-refractivity contribution in [1.82, 2.24) is 10.2 Å². The maximum absolute atomic E-state index is 5.94. The number of guanidine groups is 1. The van der Waals surface area contributed by atoms with E-state index in [4.69, 9.17) is 9.47 Å². The maximum atomic E-state index is 5.94. The van der Waals surface area contributed by atoms with Gasteiger partial charge < -0.3 is 19.7 Å². The van der Waals surface area contributed by atoms with Gasteiger partial charge in [0.25, 0.3) is 0 Å². The van der Waals surface area contributed by atoms with Gasteiger partial charge in [-0.05, 0) is 43.0 Å². The molecule has 2 rings (SSSR count). The molecular formula is C19H34IN3O2S. The van der Waals surface area contributed by atoms with Crippen molar-refractivity contribution in [2.45, 2.75) is 38.7 Å². The van der Waals surface area contributed by atoms with Gasteiger partial charge in [0.2, 0.25) is 0 Å². The van der Waals surface area contributed by atoms with E-state index in [0.717, 1.165) is 64.5 Å². The smallest absolute Gasteiger partial charge is 0.193 e. The van der Waals surface area contributed by atoms with Gasteiger partial charge in [0.1, 0.15) is 0 Å². The highest BCUT2D eigenvalue weighted by molar-refractivity contribution is 14.0. The third-order valence-corrected chi connectivity index (χ3v) is 5.44. The first kappa shape index (κ1) is 23.7. The van der Waals surface area contributed by atoms with E-state index < -0.39 is 0 Å². The van der Waals surface area contributed by atoms with Crippen LogP contribution in [-0.2, 0) is 15.9 Å². The third kappa shape index (κ3) is 8.54. The first-order valence-electron chi connectivity index (χ1n) is 9.31. The van der Waals surface area contributed by atoms with E-state index in [2.05, 4.69) is 39.6 Å². The summed E-state index contributed by atoms with van der Waals surface area (Å²) in [5, 5.41) is 5.70. The monoisotopic (exact) mass is 495 g/mol. The van der Waals surface area contributed by atoms with Crippen LogP contribution in [0.4, 0.5) is 0 Å². The Hall–Kier alpha value is -0.380. The molecule has 1 N–H and O–H groups in total. The normalized spacial score (nSPS) is 17.0. The summed E-state index contributed by atoms with van der Waals surface area (Å²) in [7, 11) is 3.61. The lowest BCUT2D eigenvalue weighted by Crippen LogP contribution is -2.48. The second-order valence-corrected chi connectivity index (χ2v) is 7.75. The lowest BCUT2D eigenvalue weighted by molar-refractivity contribution is 0.00989. The van der Waals surface area contributed by atoms with Crippen LogP contribution in [0.15, 0.2) is 22.5 Å². The SMILES string of the molecule is CN=C(NCC(C)Cc1cccs1)N1CCC(OCCCOC)CC1.I. The Morgan fingerprint density at radius 2 is 2.15 bits per heavy atom. The van der Waals surface area contributed by atoms with Crippen LogP contribution in [0.3, 0.4) is 0 Å². The molecule has 0 saturated carbocycles. The minimum atomic E-state index is 0. The van der Waals surface area contributed by atoms with Gasteiger partial charge in [-0.1, -0.05) is 13.0 Å². The van der Waals surface area contributed by atoms with Crippen molar-refractivity contribution in [3.63, 3.8) is 0 Å². The summed E-state index contributed by atoms with van der Waals surface area (Å²) in [6.45, 7) is 6.84. The van der Waals surface area contributed by atoms with Crippen molar-refractivity contribution in [1.29, 1.82) is 0 Å². The zero-order chi connectivity index (χ0) is 17.9. The van der Waals surface area contributed by atoms with Gasteiger partial charge in [-0.2, -0.15) is 0 Å². The molecule has 1 atom stereocenters. The van der Waals surface area contributed by atoms with Crippen molar-refractivity contribution in [3.8, 4) is 0 Å². The van der Waals surface area contributed by atoms with Crippen molar-refractivity contribution in [2.75, 3.05) is 47.0 Å². The molecule has 1 fully saturated rings. The highest BCUT2D eigenvalue weighted by Gasteiger charge is 2.22. The summed E-state index contributed by atoms with van der Waals surface area (Å²) < 4.78 is 11.0. The van der Waals surface area contributed by atoms with Gasteiger partial charge in [-0.3, -0.25) is 4.99 Å². The predicted molar refractivity (Wildman–Crippen MR) is 121 cm³/mol. The van der Waals surface area contributed by atoms with E-state index in [1.165, 1.54) is 4.88 Å². The largest absolute Gasteiger partial charge is 0.385 e. The van der Waals surface area contributed by atoms with Crippen molar-refractivity contribution in [3.05, 3.63) is 22.4 Å². The number of ether oxygens (including phenoxy) is 2. The van der Waals surface area contributed by atoms with Crippen molar-refractivity contribution >= 4 is 41.3 Å². The molecule has 1 saturated heterocycles. The molecule has 1 aliphatic heterocycles. The zero-order valence-electron chi connectivity index (χ0n) is 16.3. The van der Waals surface area contributed by atoms with E-state index in [1.54, 1.807) is 7.11 Å². The molecule has 0 amide bonds. The fraction of sp³-hybridized carbons (Fsp3) is 0.737. The number of aliphatic imine (C=N–C) groups is 1. The van der Waals surface area contributed by atoms with Crippen LogP contribution in [0, 0.1) is 5.92 Å². The molecule has 26 heavy (non-hydrogen) atoms. The average Bonchev–Trinajstić information content (AvgIpc) is 3.13. The summed E-state index contributed by atoms with van der Waals surface area (Å²) in [4.78, 5) is 8.28. The Morgan fingerprint density at radius 3 is 2.77 bits per heavy atom. The summed E-state index contributed by atoms with van der Waals surface area (Å²) in [6.07, 6.45) is 4.61. The molecule has 1 unspecified atom stereocenters. The number of nitrogens with zero attached hydrogens (tertiary/aromatic N) is 2. The Labute approximate surface area is 179 Å². The van der Waals surface area contributed by atoms with Gasteiger partial charge in [0.05, 0.1) is 6.10 Å². The first-order valence-corrected chi connectivity index (χ1v) is 10.2. The molecule has 0 spiro atoms. The lowest BCUT2D eigenvalue weighted by Gasteiger charge is -2.34. The van der Waals surface area contributed by atoms with Crippen LogP contribution in [0.2, 0.25) is 0 Å². The fourth-order valence-corrected chi connectivity index (χ4v) is 4.00. The van der Waals surface area contributed by atoms with Crippen LogP contribution in [-0.4, -0.2) is 64.0 Å². The van der Waals surface area contributed by atoms with Crippen LogP contribution in [0.1, 0.15) is 31.1 Å². The molecule has 2 heterocycles. The van der Waals surface area contributed by atoms with Gasteiger partial charge in [-0.15, -0.1) is 35.3 Å². The molecule has 1 aromatic heterocycles. The van der Waals surface area contributed by atoms with Gasteiger partial charge >= 0.3 is 0 Å². The number of halogens is 1. The van der Waals surface area contributed by atoms with E-state index in [1.807, 2.05) is 18.4 Å². The summed E-state index contributed by atoms with van der Waals surface area (Å²) in [5.41, 5.74) is 0. The molecule has 0 aliphatic carbocycles. The highest BCUT2D eigenvalue weighted by Crippen LogP contribution is 2.16. The Balaban J connectivity index is 0.00000338. The Bertz CT molecular complexity index is 491. The summed E-state index contributed by atoms with van der Waals surface area (Å²) >= 11 is 1.84.